The largest absolute Gasteiger partial charge is 0.463 e. The number of ether oxygens (including phenoxy) is 1. The third kappa shape index (κ3) is 4.07. The van der Waals surface area contributed by atoms with Gasteiger partial charge in [0.15, 0.2) is 0 Å². The Labute approximate surface area is 140 Å². The number of carbonyl (C=O) groups excluding carboxylic acids is 1. The minimum atomic E-state index is -0.357. The Hall–Kier alpha value is -2.95. The van der Waals surface area contributed by atoms with Gasteiger partial charge in [-0.25, -0.2) is 14.8 Å². The molecule has 0 aliphatic heterocycles. The van der Waals surface area contributed by atoms with Gasteiger partial charge >= 0.3 is 5.97 Å². The van der Waals surface area contributed by atoms with Crippen LogP contribution in [0.4, 0.5) is 0 Å². The van der Waals surface area contributed by atoms with E-state index in [0.717, 1.165) is 35.3 Å². The molecular formula is C19H19N3O2. The number of carbonyl (C=O) groups is 1. The summed E-state index contributed by atoms with van der Waals surface area (Å²) in [5.74, 6) is 0.631. The minimum Gasteiger partial charge on any atom is -0.463 e. The summed E-state index contributed by atoms with van der Waals surface area (Å²) in [5.41, 5.74) is 1.64. The number of nitrogens with zero attached hydrogens (tertiary/aromatic N) is 3. The van der Waals surface area contributed by atoms with E-state index < -0.39 is 0 Å². The summed E-state index contributed by atoms with van der Waals surface area (Å²) in [6.07, 6.45) is 8.29. The predicted molar refractivity (Wildman–Crippen MR) is 93.3 cm³/mol. The van der Waals surface area contributed by atoms with Crippen LogP contribution in [0, 0.1) is 0 Å². The van der Waals surface area contributed by atoms with Crippen LogP contribution in [0.25, 0.3) is 17.0 Å². The highest BCUT2D eigenvalue weighted by Crippen LogP contribution is 2.12. The number of pyridine rings is 1. The first-order valence-corrected chi connectivity index (χ1v) is 7.89. The molecule has 0 radical (unpaired) electrons. The zero-order chi connectivity index (χ0) is 16.8. The molecule has 0 fully saturated rings. The average molecular weight is 321 g/mol. The summed E-state index contributed by atoms with van der Waals surface area (Å²) >= 11 is 0. The Morgan fingerprint density at radius 3 is 2.96 bits per heavy atom. The Morgan fingerprint density at radius 2 is 2.12 bits per heavy atom. The summed E-state index contributed by atoms with van der Waals surface area (Å²) < 4.78 is 7.16. The zero-order valence-electron chi connectivity index (χ0n) is 13.6. The van der Waals surface area contributed by atoms with Crippen LogP contribution in [-0.4, -0.2) is 27.1 Å². The fraction of sp³-hybridized carbons (Fsp3) is 0.211. The van der Waals surface area contributed by atoms with Crippen molar-refractivity contribution in [1.82, 2.24) is 14.5 Å². The van der Waals surface area contributed by atoms with Gasteiger partial charge in [-0.3, -0.25) is 0 Å². The topological polar surface area (TPSA) is 57.0 Å². The highest BCUT2D eigenvalue weighted by atomic mass is 16.5. The van der Waals surface area contributed by atoms with E-state index in [1.54, 1.807) is 12.3 Å². The molecule has 0 saturated carbocycles. The number of fused-ring (bicyclic) bond motifs is 1. The first-order valence-electron chi connectivity index (χ1n) is 7.89. The van der Waals surface area contributed by atoms with Crippen LogP contribution in [0.15, 0.2) is 54.9 Å². The molecule has 5 nitrogen and oxygen atoms in total. The Kier molecular flexibility index (Phi) is 5.01. The lowest BCUT2D eigenvalue weighted by Crippen LogP contribution is -2.05. The van der Waals surface area contributed by atoms with E-state index in [9.17, 15) is 4.79 Å². The van der Waals surface area contributed by atoms with Gasteiger partial charge in [-0.15, -0.1) is 0 Å². The highest BCUT2D eigenvalue weighted by molar-refractivity contribution is 5.87. The van der Waals surface area contributed by atoms with Crippen molar-refractivity contribution in [3.8, 4) is 0 Å². The Balaban J connectivity index is 1.48. The van der Waals surface area contributed by atoms with Crippen LogP contribution in [0.3, 0.4) is 0 Å². The fourth-order valence-electron chi connectivity index (χ4n) is 2.42. The molecular weight excluding hydrogens is 302 g/mol. The van der Waals surface area contributed by atoms with Gasteiger partial charge < -0.3 is 9.30 Å². The molecule has 1 aromatic carbocycles. The maximum absolute atomic E-state index is 11.8. The molecule has 122 valence electrons. The average Bonchev–Trinajstić information content (AvgIpc) is 3.02. The molecule has 0 atom stereocenters. The first kappa shape index (κ1) is 15.9. The monoisotopic (exact) mass is 321 g/mol. The van der Waals surface area contributed by atoms with E-state index in [1.807, 2.05) is 54.2 Å². The minimum absolute atomic E-state index is 0.357. The molecule has 2 heterocycles. The third-order valence-electron chi connectivity index (χ3n) is 3.72. The van der Waals surface area contributed by atoms with Crippen molar-refractivity contribution in [1.29, 1.82) is 0 Å². The molecule has 3 rings (SSSR count). The van der Waals surface area contributed by atoms with Crippen molar-refractivity contribution >= 4 is 22.9 Å². The lowest BCUT2D eigenvalue weighted by molar-refractivity contribution is -0.137. The van der Waals surface area contributed by atoms with Crippen molar-refractivity contribution in [3.63, 3.8) is 0 Å². The van der Waals surface area contributed by atoms with E-state index in [4.69, 9.17) is 4.74 Å². The van der Waals surface area contributed by atoms with Crippen LogP contribution in [0.1, 0.15) is 17.9 Å². The Morgan fingerprint density at radius 1 is 1.25 bits per heavy atom. The van der Waals surface area contributed by atoms with Gasteiger partial charge in [-0.1, -0.05) is 24.3 Å². The molecule has 3 aromatic rings. The lowest BCUT2D eigenvalue weighted by atomic mass is 10.2. The van der Waals surface area contributed by atoms with Gasteiger partial charge in [0.25, 0.3) is 0 Å². The predicted octanol–water partition coefficient (Wildman–Crippen LogP) is 3.16. The standard InChI is InChI=1S/C19H19N3O2/c1-22-13-12-20-18(22)7-4-14-24-19(23)11-10-16-9-8-15-5-2-3-6-17(15)21-16/h2-3,5-6,8-13H,4,7,14H2,1H3/b11-10+. The molecule has 0 N–H and O–H groups in total. The van der Waals surface area contributed by atoms with Gasteiger partial charge in [-0.05, 0) is 24.6 Å². The normalized spacial score (nSPS) is 11.2. The number of para-hydroxylation sites is 1. The summed E-state index contributed by atoms with van der Waals surface area (Å²) in [4.78, 5) is 20.5. The number of aromatic nitrogens is 3. The molecule has 0 aliphatic carbocycles. The number of benzene rings is 1. The number of imidazole rings is 1. The molecule has 0 bridgehead atoms. The van der Waals surface area contributed by atoms with E-state index in [0.29, 0.717) is 6.61 Å². The van der Waals surface area contributed by atoms with Gasteiger partial charge in [0.1, 0.15) is 5.82 Å². The van der Waals surface area contributed by atoms with Gasteiger partial charge in [0, 0.05) is 37.3 Å². The first-order chi connectivity index (χ1) is 11.7. The number of rotatable bonds is 6. The lowest BCUT2D eigenvalue weighted by Gasteiger charge is -2.03. The van der Waals surface area contributed by atoms with E-state index >= 15 is 0 Å². The molecule has 2 aromatic heterocycles. The molecule has 0 spiro atoms. The summed E-state index contributed by atoms with van der Waals surface area (Å²) in [7, 11) is 1.95. The smallest absolute Gasteiger partial charge is 0.330 e. The van der Waals surface area contributed by atoms with E-state index in [2.05, 4.69) is 9.97 Å². The summed E-state index contributed by atoms with van der Waals surface area (Å²) in [6, 6.07) is 11.7. The number of hydrogen-bond donors (Lipinski definition) is 0. The zero-order valence-corrected chi connectivity index (χ0v) is 13.6. The highest BCUT2D eigenvalue weighted by Gasteiger charge is 2.01. The van der Waals surface area contributed by atoms with Gasteiger partial charge in [0.05, 0.1) is 17.8 Å². The van der Waals surface area contributed by atoms with Crippen molar-refractivity contribution in [2.24, 2.45) is 7.05 Å². The molecule has 0 unspecified atom stereocenters. The van der Waals surface area contributed by atoms with Gasteiger partial charge in [-0.2, -0.15) is 0 Å². The van der Waals surface area contributed by atoms with Crippen molar-refractivity contribution in [2.75, 3.05) is 6.61 Å². The number of aryl methyl sites for hydroxylation is 2. The van der Waals surface area contributed by atoms with Crippen LogP contribution in [0.2, 0.25) is 0 Å². The van der Waals surface area contributed by atoms with Crippen LogP contribution in [-0.2, 0) is 23.0 Å². The van der Waals surface area contributed by atoms with Crippen molar-refractivity contribution in [3.05, 3.63) is 66.4 Å². The summed E-state index contributed by atoms with van der Waals surface area (Å²) in [5, 5.41) is 1.08. The maximum Gasteiger partial charge on any atom is 0.330 e. The quantitative estimate of drug-likeness (QED) is 0.397. The third-order valence-corrected chi connectivity index (χ3v) is 3.72. The molecule has 0 aliphatic rings. The van der Waals surface area contributed by atoms with Crippen LogP contribution in [0.5, 0.6) is 0 Å². The SMILES string of the molecule is Cn1ccnc1CCCOC(=O)/C=C/c1ccc2ccccc2n1. The number of hydrogen-bond acceptors (Lipinski definition) is 4. The van der Waals surface area contributed by atoms with Crippen molar-refractivity contribution in [2.45, 2.75) is 12.8 Å². The van der Waals surface area contributed by atoms with Crippen molar-refractivity contribution < 1.29 is 9.53 Å². The molecule has 0 amide bonds. The molecule has 24 heavy (non-hydrogen) atoms. The second-order valence-corrected chi connectivity index (χ2v) is 5.49. The summed E-state index contributed by atoms with van der Waals surface area (Å²) in [6.45, 7) is 0.376. The second-order valence-electron chi connectivity index (χ2n) is 5.49. The van der Waals surface area contributed by atoms with Crippen LogP contribution >= 0.6 is 0 Å². The molecule has 5 heteroatoms. The number of esters is 1. The van der Waals surface area contributed by atoms with Crippen LogP contribution < -0.4 is 0 Å². The Bertz CT molecular complexity index is 868. The second kappa shape index (κ2) is 7.55. The van der Waals surface area contributed by atoms with E-state index in [-0.39, 0.29) is 5.97 Å². The maximum atomic E-state index is 11.8. The fourth-order valence-corrected chi connectivity index (χ4v) is 2.42. The molecule has 0 saturated heterocycles. The van der Waals surface area contributed by atoms with Gasteiger partial charge in [0.2, 0.25) is 0 Å². The van der Waals surface area contributed by atoms with E-state index in [1.165, 1.54) is 6.08 Å².